The van der Waals surface area contributed by atoms with E-state index < -0.39 is 11.9 Å². The van der Waals surface area contributed by atoms with E-state index in [9.17, 15) is 14.4 Å². The first kappa shape index (κ1) is 24.5. The Morgan fingerprint density at radius 3 is 2.31 bits per heavy atom. The fourth-order valence-electron chi connectivity index (χ4n) is 4.22. The quantitative estimate of drug-likeness (QED) is 0.408. The van der Waals surface area contributed by atoms with Gasteiger partial charge in [0.1, 0.15) is 11.8 Å². The molecule has 0 aliphatic carbocycles. The number of hydrogen-bond donors (Lipinski definition) is 0. The fraction of sp³-hybridized carbons (Fsp3) is 0.250. The molecule has 0 saturated carbocycles. The summed E-state index contributed by atoms with van der Waals surface area (Å²) in [5, 5.41) is 0.588. The molecule has 6 nitrogen and oxygen atoms in total. The van der Waals surface area contributed by atoms with Crippen LogP contribution >= 0.6 is 11.6 Å². The third-order valence-corrected chi connectivity index (χ3v) is 6.23. The lowest BCUT2D eigenvalue weighted by Crippen LogP contribution is -2.47. The number of amides is 3. The molecule has 4 rings (SSSR count). The van der Waals surface area contributed by atoms with Crippen LogP contribution in [0.2, 0.25) is 5.02 Å². The van der Waals surface area contributed by atoms with Crippen molar-refractivity contribution in [3.05, 3.63) is 95.0 Å². The van der Waals surface area contributed by atoms with Crippen molar-refractivity contribution in [2.24, 2.45) is 0 Å². The third-order valence-electron chi connectivity index (χ3n) is 5.98. The molecule has 0 spiro atoms. The first-order chi connectivity index (χ1) is 17.0. The maximum atomic E-state index is 13.4. The van der Waals surface area contributed by atoms with Crippen molar-refractivity contribution in [3.8, 4) is 5.75 Å². The SMILES string of the molecule is CCOc1ccc(N2C(=O)CC(N(CCc3ccccc3)C(=O)Cc3ccc(Cl)cc3)C2=O)cc1. The molecule has 3 aromatic rings. The molecular weight excluding hydrogens is 464 g/mol. The van der Waals surface area contributed by atoms with Crippen LogP contribution in [0.1, 0.15) is 24.5 Å². The highest BCUT2D eigenvalue weighted by molar-refractivity contribution is 6.30. The first-order valence-corrected chi connectivity index (χ1v) is 12.0. The second kappa shape index (κ2) is 11.2. The van der Waals surface area contributed by atoms with Gasteiger partial charge in [-0.25, -0.2) is 4.90 Å². The van der Waals surface area contributed by atoms with Crippen molar-refractivity contribution < 1.29 is 19.1 Å². The van der Waals surface area contributed by atoms with E-state index in [1.54, 1.807) is 53.4 Å². The summed E-state index contributed by atoms with van der Waals surface area (Å²) in [7, 11) is 0. The van der Waals surface area contributed by atoms with Gasteiger partial charge in [-0.05, 0) is 60.9 Å². The van der Waals surface area contributed by atoms with Crippen molar-refractivity contribution in [2.75, 3.05) is 18.1 Å². The Balaban J connectivity index is 1.56. The average molecular weight is 491 g/mol. The highest BCUT2D eigenvalue weighted by atomic mass is 35.5. The minimum atomic E-state index is -0.849. The number of imide groups is 1. The largest absolute Gasteiger partial charge is 0.494 e. The van der Waals surface area contributed by atoms with Gasteiger partial charge in [0, 0.05) is 11.6 Å². The molecule has 1 unspecified atom stereocenters. The van der Waals surface area contributed by atoms with Crippen LogP contribution in [0.4, 0.5) is 5.69 Å². The molecule has 0 bridgehead atoms. The number of carbonyl (C=O) groups excluding carboxylic acids is 3. The second-order valence-corrected chi connectivity index (χ2v) is 8.78. The molecule has 1 fully saturated rings. The Morgan fingerprint density at radius 1 is 0.971 bits per heavy atom. The number of hydrogen-bond acceptors (Lipinski definition) is 4. The minimum absolute atomic E-state index is 0.0484. The Bertz CT molecular complexity index is 1180. The molecule has 0 N–H and O–H groups in total. The van der Waals surface area contributed by atoms with E-state index in [1.165, 1.54) is 4.90 Å². The predicted octanol–water partition coefficient (Wildman–Crippen LogP) is 4.68. The summed E-state index contributed by atoms with van der Waals surface area (Å²) in [4.78, 5) is 42.5. The van der Waals surface area contributed by atoms with E-state index in [4.69, 9.17) is 16.3 Å². The summed E-state index contributed by atoms with van der Waals surface area (Å²) in [6.07, 6.45) is 0.647. The number of anilines is 1. The molecule has 1 aliphatic rings. The molecule has 180 valence electrons. The highest BCUT2D eigenvalue weighted by Crippen LogP contribution is 2.28. The van der Waals surface area contributed by atoms with E-state index in [0.29, 0.717) is 36.0 Å². The smallest absolute Gasteiger partial charge is 0.257 e. The van der Waals surface area contributed by atoms with Crippen LogP contribution in [0, 0.1) is 0 Å². The van der Waals surface area contributed by atoms with Gasteiger partial charge in [-0.1, -0.05) is 54.1 Å². The molecule has 3 amide bonds. The lowest BCUT2D eigenvalue weighted by molar-refractivity contribution is -0.137. The Labute approximate surface area is 210 Å². The minimum Gasteiger partial charge on any atom is -0.494 e. The van der Waals surface area contributed by atoms with Crippen molar-refractivity contribution in [2.45, 2.75) is 32.2 Å². The normalized spacial score (nSPS) is 15.4. The zero-order chi connectivity index (χ0) is 24.8. The zero-order valence-electron chi connectivity index (χ0n) is 19.5. The van der Waals surface area contributed by atoms with Gasteiger partial charge in [-0.3, -0.25) is 14.4 Å². The predicted molar refractivity (Wildman–Crippen MR) is 136 cm³/mol. The molecule has 0 radical (unpaired) electrons. The van der Waals surface area contributed by atoms with Gasteiger partial charge in [0.25, 0.3) is 5.91 Å². The van der Waals surface area contributed by atoms with E-state index >= 15 is 0 Å². The van der Waals surface area contributed by atoms with Gasteiger partial charge in [0.05, 0.1) is 25.1 Å². The van der Waals surface area contributed by atoms with Gasteiger partial charge in [-0.15, -0.1) is 0 Å². The second-order valence-electron chi connectivity index (χ2n) is 8.34. The zero-order valence-corrected chi connectivity index (χ0v) is 20.3. The van der Waals surface area contributed by atoms with Gasteiger partial charge >= 0.3 is 0 Å². The van der Waals surface area contributed by atoms with E-state index in [0.717, 1.165) is 11.1 Å². The molecule has 1 atom stereocenters. The molecule has 1 aliphatic heterocycles. The molecule has 1 heterocycles. The van der Waals surface area contributed by atoms with Crippen LogP contribution in [0.25, 0.3) is 0 Å². The summed E-state index contributed by atoms with van der Waals surface area (Å²) >= 11 is 5.98. The number of rotatable bonds is 9. The monoisotopic (exact) mass is 490 g/mol. The van der Waals surface area contributed by atoms with Crippen LogP contribution in [0.5, 0.6) is 5.75 Å². The maximum Gasteiger partial charge on any atom is 0.257 e. The lowest BCUT2D eigenvalue weighted by Gasteiger charge is -2.28. The molecule has 1 saturated heterocycles. The Kier molecular flexibility index (Phi) is 7.83. The average Bonchev–Trinajstić information content (AvgIpc) is 3.15. The number of nitrogens with zero attached hydrogens (tertiary/aromatic N) is 2. The topological polar surface area (TPSA) is 66.9 Å². The summed E-state index contributed by atoms with van der Waals surface area (Å²) in [6.45, 7) is 2.74. The molecule has 35 heavy (non-hydrogen) atoms. The van der Waals surface area contributed by atoms with Crippen molar-refractivity contribution in [3.63, 3.8) is 0 Å². The van der Waals surface area contributed by atoms with E-state index in [1.807, 2.05) is 37.3 Å². The van der Waals surface area contributed by atoms with Gasteiger partial charge in [0.2, 0.25) is 11.8 Å². The van der Waals surface area contributed by atoms with Crippen LogP contribution < -0.4 is 9.64 Å². The third kappa shape index (κ3) is 5.89. The number of benzene rings is 3. The van der Waals surface area contributed by atoms with Gasteiger partial charge in [0.15, 0.2) is 0 Å². The Morgan fingerprint density at radius 2 is 1.66 bits per heavy atom. The van der Waals surface area contributed by atoms with Gasteiger partial charge < -0.3 is 9.64 Å². The molecular formula is C28H27ClN2O4. The summed E-state index contributed by atoms with van der Waals surface area (Å²) < 4.78 is 5.46. The van der Waals surface area contributed by atoms with Crippen LogP contribution in [-0.2, 0) is 27.2 Å². The van der Waals surface area contributed by atoms with E-state index in [2.05, 4.69) is 0 Å². The standard InChI is InChI=1S/C28H27ClN2O4/c1-2-35-24-14-12-23(13-15-24)31-27(33)19-25(28(31)34)30(17-16-20-6-4-3-5-7-20)26(32)18-21-8-10-22(29)11-9-21/h3-15,25H,2,16-19H2,1H3. The lowest BCUT2D eigenvalue weighted by atomic mass is 10.1. The van der Waals surface area contributed by atoms with Crippen molar-refractivity contribution in [1.29, 1.82) is 0 Å². The first-order valence-electron chi connectivity index (χ1n) is 11.6. The molecule has 0 aromatic heterocycles. The number of carbonyl (C=O) groups is 3. The molecule has 7 heteroatoms. The number of ether oxygens (including phenoxy) is 1. The molecule has 3 aromatic carbocycles. The van der Waals surface area contributed by atoms with Crippen LogP contribution in [0.15, 0.2) is 78.9 Å². The maximum absolute atomic E-state index is 13.4. The highest BCUT2D eigenvalue weighted by Gasteiger charge is 2.44. The van der Waals surface area contributed by atoms with Crippen LogP contribution in [0.3, 0.4) is 0 Å². The van der Waals surface area contributed by atoms with Crippen molar-refractivity contribution >= 4 is 35.0 Å². The fourth-order valence-corrected chi connectivity index (χ4v) is 4.34. The van der Waals surface area contributed by atoms with Crippen LogP contribution in [-0.4, -0.2) is 41.8 Å². The summed E-state index contributed by atoms with van der Waals surface area (Å²) in [5.74, 6) is -0.262. The Hall–Kier alpha value is -3.64. The number of halogens is 1. The summed E-state index contributed by atoms with van der Waals surface area (Å²) in [5.41, 5.74) is 2.32. The summed E-state index contributed by atoms with van der Waals surface area (Å²) in [6, 6.07) is 22.8. The van der Waals surface area contributed by atoms with E-state index in [-0.39, 0.29) is 24.7 Å². The van der Waals surface area contributed by atoms with Gasteiger partial charge in [-0.2, -0.15) is 0 Å². The van der Waals surface area contributed by atoms with Crippen molar-refractivity contribution in [1.82, 2.24) is 4.90 Å².